The highest BCUT2D eigenvalue weighted by Gasteiger charge is 2.22. The first-order valence-corrected chi connectivity index (χ1v) is 7.28. The third-order valence-corrected chi connectivity index (χ3v) is 4.18. The Morgan fingerprint density at radius 1 is 1.18 bits per heavy atom. The van der Waals surface area contributed by atoms with Crippen LogP contribution in [0.1, 0.15) is 54.4 Å². The lowest BCUT2D eigenvalue weighted by Crippen LogP contribution is -2.15. The van der Waals surface area contributed by atoms with Gasteiger partial charge in [-0.25, -0.2) is 0 Å². The molecule has 0 heterocycles. The Kier molecular flexibility index (Phi) is 4.38. The van der Waals surface area contributed by atoms with E-state index >= 15 is 0 Å². The Morgan fingerprint density at radius 3 is 2.47 bits per heavy atom. The van der Waals surface area contributed by atoms with E-state index in [1.807, 2.05) is 25.1 Å². The van der Waals surface area contributed by atoms with Crippen molar-refractivity contribution in [2.45, 2.75) is 45.4 Å². The number of ketones is 1. The molecule has 0 aliphatic heterocycles. The standard InChI is InChI=1S/C15H19BrO/c1-11-8-9-13(16)10-14(11)15(17)12-6-4-2-3-5-7-12/h8-10,12H,2-7H2,1H3. The van der Waals surface area contributed by atoms with Crippen molar-refractivity contribution in [3.63, 3.8) is 0 Å². The lowest BCUT2D eigenvalue weighted by atomic mass is 9.89. The molecule has 1 fully saturated rings. The van der Waals surface area contributed by atoms with Crippen LogP contribution in [-0.4, -0.2) is 5.78 Å². The van der Waals surface area contributed by atoms with Crippen LogP contribution >= 0.6 is 15.9 Å². The predicted octanol–water partition coefficient (Wildman–Crippen LogP) is 4.91. The van der Waals surface area contributed by atoms with Crippen LogP contribution in [0.3, 0.4) is 0 Å². The van der Waals surface area contributed by atoms with Gasteiger partial charge in [-0.3, -0.25) is 4.79 Å². The van der Waals surface area contributed by atoms with Gasteiger partial charge in [0.05, 0.1) is 0 Å². The number of benzene rings is 1. The SMILES string of the molecule is Cc1ccc(Br)cc1C(=O)C1CCCCCC1. The first-order chi connectivity index (χ1) is 8.18. The molecule has 1 saturated carbocycles. The Balaban J connectivity index is 2.20. The first kappa shape index (κ1) is 12.8. The maximum Gasteiger partial charge on any atom is 0.166 e. The number of aryl methyl sites for hydroxylation is 1. The van der Waals surface area contributed by atoms with E-state index in [4.69, 9.17) is 0 Å². The highest BCUT2D eigenvalue weighted by atomic mass is 79.9. The first-order valence-electron chi connectivity index (χ1n) is 6.49. The molecule has 0 aromatic heterocycles. The summed E-state index contributed by atoms with van der Waals surface area (Å²) in [7, 11) is 0. The molecule has 17 heavy (non-hydrogen) atoms. The van der Waals surface area contributed by atoms with Crippen molar-refractivity contribution in [1.29, 1.82) is 0 Å². The van der Waals surface area contributed by atoms with Crippen LogP contribution in [0.25, 0.3) is 0 Å². The molecule has 0 amide bonds. The molecule has 0 spiro atoms. The third-order valence-electron chi connectivity index (χ3n) is 3.69. The number of hydrogen-bond donors (Lipinski definition) is 0. The van der Waals surface area contributed by atoms with Crippen molar-refractivity contribution in [3.05, 3.63) is 33.8 Å². The zero-order valence-corrected chi connectivity index (χ0v) is 11.9. The summed E-state index contributed by atoms with van der Waals surface area (Å²) in [5.41, 5.74) is 2.01. The lowest BCUT2D eigenvalue weighted by Gasteiger charge is -2.14. The summed E-state index contributed by atoms with van der Waals surface area (Å²) in [5, 5.41) is 0. The van der Waals surface area contributed by atoms with Gasteiger partial charge in [0.25, 0.3) is 0 Å². The number of rotatable bonds is 2. The van der Waals surface area contributed by atoms with Gasteiger partial charge < -0.3 is 0 Å². The van der Waals surface area contributed by atoms with Gasteiger partial charge in [-0.1, -0.05) is 47.7 Å². The number of carbonyl (C=O) groups excluding carboxylic acids is 1. The van der Waals surface area contributed by atoms with Crippen molar-refractivity contribution in [3.8, 4) is 0 Å². The second kappa shape index (κ2) is 5.81. The van der Waals surface area contributed by atoms with Crippen molar-refractivity contribution < 1.29 is 4.79 Å². The quantitative estimate of drug-likeness (QED) is 0.559. The Morgan fingerprint density at radius 2 is 1.82 bits per heavy atom. The molecule has 0 saturated heterocycles. The highest BCUT2D eigenvalue weighted by Crippen LogP contribution is 2.28. The normalized spacial score (nSPS) is 17.8. The Bertz CT molecular complexity index is 403. The van der Waals surface area contributed by atoms with Gasteiger partial charge in [-0.15, -0.1) is 0 Å². The third kappa shape index (κ3) is 3.19. The van der Waals surface area contributed by atoms with E-state index in [-0.39, 0.29) is 5.92 Å². The second-order valence-electron chi connectivity index (χ2n) is 5.01. The summed E-state index contributed by atoms with van der Waals surface area (Å²) in [6, 6.07) is 6.00. The number of halogens is 1. The average Bonchev–Trinajstić information content (AvgIpc) is 2.60. The molecule has 1 aromatic carbocycles. The summed E-state index contributed by atoms with van der Waals surface area (Å²) < 4.78 is 1.00. The van der Waals surface area contributed by atoms with E-state index in [0.29, 0.717) is 5.78 Å². The molecule has 1 aliphatic rings. The summed E-state index contributed by atoms with van der Waals surface area (Å²) in [6.07, 6.45) is 7.16. The van der Waals surface area contributed by atoms with Crippen LogP contribution in [0.5, 0.6) is 0 Å². The van der Waals surface area contributed by atoms with E-state index in [1.54, 1.807) is 0 Å². The van der Waals surface area contributed by atoms with Crippen LogP contribution in [0.15, 0.2) is 22.7 Å². The van der Waals surface area contributed by atoms with Crippen LogP contribution in [0.2, 0.25) is 0 Å². The van der Waals surface area contributed by atoms with Gasteiger partial charge in [-0.05, 0) is 37.5 Å². The van der Waals surface area contributed by atoms with Gasteiger partial charge in [0.2, 0.25) is 0 Å². The molecule has 0 bridgehead atoms. The molecule has 2 heteroatoms. The van der Waals surface area contributed by atoms with E-state index in [9.17, 15) is 4.79 Å². The fourth-order valence-corrected chi connectivity index (χ4v) is 2.98. The van der Waals surface area contributed by atoms with E-state index in [0.717, 1.165) is 28.4 Å². The summed E-state index contributed by atoms with van der Waals surface area (Å²) >= 11 is 3.45. The molecule has 92 valence electrons. The summed E-state index contributed by atoms with van der Waals surface area (Å²) in [4.78, 5) is 12.5. The van der Waals surface area contributed by atoms with Crippen LogP contribution in [0, 0.1) is 12.8 Å². The smallest absolute Gasteiger partial charge is 0.166 e. The second-order valence-corrected chi connectivity index (χ2v) is 5.93. The Hall–Kier alpha value is -0.630. The largest absolute Gasteiger partial charge is 0.294 e. The van der Waals surface area contributed by atoms with Crippen LogP contribution in [-0.2, 0) is 0 Å². The highest BCUT2D eigenvalue weighted by molar-refractivity contribution is 9.10. The maximum atomic E-state index is 12.5. The minimum Gasteiger partial charge on any atom is -0.294 e. The zero-order chi connectivity index (χ0) is 12.3. The number of hydrogen-bond acceptors (Lipinski definition) is 1. The molecule has 1 aromatic rings. The van der Waals surface area contributed by atoms with Gasteiger partial charge in [0, 0.05) is 16.0 Å². The molecular weight excluding hydrogens is 276 g/mol. The fourth-order valence-electron chi connectivity index (χ4n) is 2.62. The molecule has 1 nitrogen and oxygen atoms in total. The van der Waals surface area contributed by atoms with Gasteiger partial charge in [-0.2, -0.15) is 0 Å². The topological polar surface area (TPSA) is 17.1 Å². The maximum absolute atomic E-state index is 12.5. The molecular formula is C15H19BrO. The van der Waals surface area contributed by atoms with Crippen molar-refractivity contribution >= 4 is 21.7 Å². The molecule has 0 N–H and O–H groups in total. The van der Waals surface area contributed by atoms with E-state index < -0.39 is 0 Å². The molecule has 0 radical (unpaired) electrons. The van der Waals surface area contributed by atoms with Crippen LogP contribution in [0.4, 0.5) is 0 Å². The molecule has 0 unspecified atom stereocenters. The average molecular weight is 295 g/mol. The van der Waals surface area contributed by atoms with Crippen molar-refractivity contribution in [2.24, 2.45) is 5.92 Å². The minimum absolute atomic E-state index is 0.255. The summed E-state index contributed by atoms with van der Waals surface area (Å²) in [5.74, 6) is 0.608. The Labute approximate surface area is 112 Å². The molecule has 0 atom stereocenters. The van der Waals surface area contributed by atoms with Gasteiger partial charge >= 0.3 is 0 Å². The lowest BCUT2D eigenvalue weighted by molar-refractivity contribution is 0.0907. The van der Waals surface area contributed by atoms with E-state index in [2.05, 4.69) is 15.9 Å². The van der Waals surface area contributed by atoms with Crippen LogP contribution < -0.4 is 0 Å². The number of carbonyl (C=O) groups is 1. The molecule has 1 aliphatic carbocycles. The van der Waals surface area contributed by atoms with Gasteiger partial charge in [0.1, 0.15) is 0 Å². The van der Waals surface area contributed by atoms with Crippen molar-refractivity contribution in [2.75, 3.05) is 0 Å². The van der Waals surface area contributed by atoms with Crippen molar-refractivity contribution in [1.82, 2.24) is 0 Å². The fraction of sp³-hybridized carbons (Fsp3) is 0.533. The number of Topliss-reactive ketones (excluding diaryl/α,β-unsaturated/α-hetero) is 1. The minimum atomic E-state index is 0.255. The zero-order valence-electron chi connectivity index (χ0n) is 10.3. The predicted molar refractivity (Wildman–Crippen MR) is 74.4 cm³/mol. The summed E-state index contributed by atoms with van der Waals surface area (Å²) in [6.45, 7) is 2.02. The monoisotopic (exact) mass is 294 g/mol. The van der Waals surface area contributed by atoms with Gasteiger partial charge in [0.15, 0.2) is 5.78 Å². The molecule has 2 rings (SSSR count). The van der Waals surface area contributed by atoms with E-state index in [1.165, 1.54) is 25.7 Å².